The van der Waals surface area contributed by atoms with E-state index in [2.05, 4.69) is 23.2 Å². The van der Waals surface area contributed by atoms with E-state index < -0.39 is 5.54 Å². The van der Waals surface area contributed by atoms with Crippen LogP contribution in [0.25, 0.3) is 0 Å². The fourth-order valence-corrected chi connectivity index (χ4v) is 2.55. The first kappa shape index (κ1) is 16.4. The van der Waals surface area contributed by atoms with Crippen molar-refractivity contribution in [3.8, 4) is 6.07 Å². The van der Waals surface area contributed by atoms with Crippen LogP contribution in [0.3, 0.4) is 0 Å². The van der Waals surface area contributed by atoms with Crippen LogP contribution in [0.2, 0.25) is 0 Å². The molecule has 1 rings (SSSR count). The van der Waals surface area contributed by atoms with Gasteiger partial charge >= 0.3 is 0 Å². The maximum absolute atomic E-state index is 9.31. The van der Waals surface area contributed by atoms with Crippen LogP contribution in [0.4, 0.5) is 0 Å². The van der Waals surface area contributed by atoms with Crippen LogP contribution in [-0.4, -0.2) is 49.8 Å². The molecule has 1 N–H and O–H groups in total. The third-order valence-electron chi connectivity index (χ3n) is 4.18. The maximum Gasteiger partial charge on any atom is 0.105 e. The summed E-state index contributed by atoms with van der Waals surface area (Å²) in [5, 5.41) is 12.6. The van der Waals surface area contributed by atoms with E-state index in [0.29, 0.717) is 6.04 Å². The maximum atomic E-state index is 9.31. The van der Waals surface area contributed by atoms with E-state index in [4.69, 9.17) is 4.74 Å². The van der Waals surface area contributed by atoms with Crippen molar-refractivity contribution in [2.24, 2.45) is 5.92 Å². The van der Waals surface area contributed by atoms with Crippen molar-refractivity contribution >= 4 is 0 Å². The Hall–Kier alpha value is -0.630. The van der Waals surface area contributed by atoms with Crippen molar-refractivity contribution < 1.29 is 4.74 Å². The number of methoxy groups -OCH3 is 1. The van der Waals surface area contributed by atoms with Crippen LogP contribution in [-0.2, 0) is 4.74 Å². The Kier molecular flexibility index (Phi) is 6.78. The van der Waals surface area contributed by atoms with Crippen LogP contribution < -0.4 is 5.32 Å². The van der Waals surface area contributed by atoms with Crippen LogP contribution in [0.15, 0.2) is 0 Å². The van der Waals surface area contributed by atoms with Gasteiger partial charge in [-0.2, -0.15) is 5.26 Å². The van der Waals surface area contributed by atoms with E-state index in [1.807, 2.05) is 13.8 Å². The Labute approximate surface area is 118 Å². The zero-order valence-corrected chi connectivity index (χ0v) is 12.9. The van der Waals surface area contributed by atoms with Gasteiger partial charge in [-0.05, 0) is 45.6 Å². The first-order chi connectivity index (χ1) is 9.06. The molecule has 2 unspecified atom stereocenters. The Morgan fingerprint density at radius 2 is 2.16 bits per heavy atom. The molecule has 0 saturated heterocycles. The molecule has 0 amide bonds. The molecule has 0 radical (unpaired) electrons. The van der Waals surface area contributed by atoms with Crippen molar-refractivity contribution in [2.75, 3.05) is 33.4 Å². The van der Waals surface area contributed by atoms with Crippen LogP contribution >= 0.6 is 0 Å². The third-order valence-corrected chi connectivity index (χ3v) is 4.18. The summed E-state index contributed by atoms with van der Waals surface area (Å²) in [6.07, 6.45) is 3.57. The molecule has 0 bridgehead atoms. The molecule has 4 nitrogen and oxygen atoms in total. The van der Waals surface area contributed by atoms with Crippen LogP contribution in [0, 0.1) is 17.2 Å². The Morgan fingerprint density at radius 1 is 1.47 bits per heavy atom. The number of ether oxygens (including phenoxy) is 1. The highest BCUT2D eigenvalue weighted by Gasteiger charge is 2.33. The zero-order chi connectivity index (χ0) is 14.3. The Bertz CT molecular complexity index is 298. The summed E-state index contributed by atoms with van der Waals surface area (Å²) >= 11 is 0. The summed E-state index contributed by atoms with van der Waals surface area (Å²) < 4.78 is 5.21. The standard InChI is InChI=1S/C15H29N3O/c1-5-17-15(3,12-16)8-9-18(10-11-19-4)13(2)14-6-7-14/h13-14,17H,5-11H2,1-4H3. The first-order valence-electron chi connectivity index (χ1n) is 7.45. The summed E-state index contributed by atoms with van der Waals surface area (Å²) in [5.74, 6) is 0.851. The minimum absolute atomic E-state index is 0.413. The van der Waals surface area contributed by atoms with Gasteiger partial charge in [0.2, 0.25) is 0 Å². The normalized spacial score (nSPS) is 20.0. The van der Waals surface area contributed by atoms with Gasteiger partial charge in [-0.15, -0.1) is 0 Å². The SMILES string of the molecule is CCNC(C)(C#N)CCN(CCOC)C(C)C1CC1. The van der Waals surface area contributed by atoms with Crippen LogP contribution in [0.5, 0.6) is 0 Å². The monoisotopic (exact) mass is 267 g/mol. The predicted molar refractivity (Wildman–Crippen MR) is 77.9 cm³/mol. The predicted octanol–water partition coefficient (Wildman–Crippen LogP) is 2.02. The van der Waals surface area contributed by atoms with Gasteiger partial charge in [0, 0.05) is 26.2 Å². The lowest BCUT2D eigenvalue weighted by molar-refractivity contribution is 0.111. The molecular weight excluding hydrogens is 238 g/mol. The molecule has 2 atom stereocenters. The third kappa shape index (κ3) is 5.48. The fraction of sp³-hybridized carbons (Fsp3) is 0.933. The molecule has 0 aromatic rings. The summed E-state index contributed by atoms with van der Waals surface area (Å²) in [4.78, 5) is 2.48. The van der Waals surface area contributed by atoms with Crippen molar-refractivity contribution in [1.82, 2.24) is 10.2 Å². The molecule has 0 aliphatic heterocycles. The van der Waals surface area contributed by atoms with Gasteiger partial charge in [0.25, 0.3) is 0 Å². The van der Waals surface area contributed by atoms with Crippen molar-refractivity contribution in [3.63, 3.8) is 0 Å². The average molecular weight is 267 g/mol. The van der Waals surface area contributed by atoms with Gasteiger partial charge < -0.3 is 4.74 Å². The summed E-state index contributed by atoms with van der Waals surface area (Å²) in [7, 11) is 1.75. The topological polar surface area (TPSA) is 48.3 Å². The largest absolute Gasteiger partial charge is 0.383 e. The lowest BCUT2D eigenvalue weighted by Crippen LogP contribution is -2.46. The van der Waals surface area contributed by atoms with Gasteiger partial charge in [0.1, 0.15) is 5.54 Å². The van der Waals surface area contributed by atoms with E-state index in [1.165, 1.54) is 12.8 Å². The summed E-state index contributed by atoms with van der Waals surface area (Å²) in [6.45, 7) is 9.86. The fourth-order valence-electron chi connectivity index (χ4n) is 2.55. The van der Waals surface area contributed by atoms with Gasteiger partial charge in [-0.1, -0.05) is 6.92 Å². The summed E-state index contributed by atoms with van der Waals surface area (Å²) in [6, 6.07) is 3.02. The minimum atomic E-state index is -0.413. The molecule has 0 aromatic carbocycles. The second kappa shape index (κ2) is 7.84. The second-order valence-corrected chi connectivity index (χ2v) is 5.83. The highest BCUT2D eigenvalue weighted by Crippen LogP contribution is 2.35. The first-order valence-corrected chi connectivity index (χ1v) is 7.45. The number of nitrogens with one attached hydrogen (secondary N) is 1. The Morgan fingerprint density at radius 3 is 2.63 bits per heavy atom. The molecule has 1 aliphatic carbocycles. The van der Waals surface area contributed by atoms with Crippen LogP contribution in [0.1, 0.15) is 40.0 Å². The minimum Gasteiger partial charge on any atom is -0.383 e. The molecule has 110 valence electrons. The van der Waals surface area contributed by atoms with Crippen molar-refractivity contribution in [3.05, 3.63) is 0 Å². The molecule has 0 aromatic heterocycles. The molecule has 1 fully saturated rings. The average Bonchev–Trinajstić information content (AvgIpc) is 3.23. The van der Waals surface area contributed by atoms with E-state index >= 15 is 0 Å². The summed E-state index contributed by atoms with van der Waals surface area (Å²) in [5.41, 5.74) is -0.413. The van der Waals surface area contributed by atoms with Gasteiger partial charge in [0.05, 0.1) is 12.7 Å². The number of nitrogens with zero attached hydrogens (tertiary/aromatic N) is 2. The lowest BCUT2D eigenvalue weighted by atomic mass is 9.98. The highest BCUT2D eigenvalue weighted by atomic mass is 16.5. The zero-order valence-electron chi connectivity index (χ0n) is 12.9. The number of nitriles is 1. The molecule has 19 heavy (non-hydrogen) atoms. The quantitative estimate of drug-likeness (QED) is 0.658. The van der Waals surface area contributed by atoms with E-state index in [1.54, 1.807) is 7.11 Å². The number of rotatable bonds is 10. The molecular formula is C15H29N3O. The lowest BCUT2D eigenvalue weighted by Gasteiger charge is -2.32. The van der Waals surface area contributed by atoms with Gasteiger partial charge in [-0.3, -0.25) is 10.2 Å². The Balaban J connectivity index is 2.49. The molecule has 0 spiro atoms. The highest BCUT2D eigenvalue weighted by molar-refractivity contribution is 5.04. The smallest absolute Gasteiger partial charge is 0.105 e. The molecule has 1 saturated carbocycles. The van der Waals surface area contributed by atoms with E-state index in [9.17, 15) is 5.26 Å². The number of hydrogen-bond acceptors (Lipinski definition) is 4. The second-order valence-electron chi connectivity index (χ2n) is 5.83. The number of hydrogen-bond donors (Lipinski definition) is 1. The van der Waals surface area contributed by atoms with Gasteiger partial charge in [0.15, 0.2) is 0 Å². The van der Waals surface area contributed by atoms with Crippen molar-refractivity contribution in [1.29, 1.82) is 5.26 Å². The van der Waals surface area contributed by atoms with Crippen molar-refractivity contribution in [2.45, 2.75) is 51.6 Å². The molecule has 4 heteroatoms. The van der Waals surface area contributed by atoms with Gasteiger partial charge in [-0.25, -0.2) is 0 Å². The molecule has 0 heterocycles. The van der Waals surface area contributed by atoms with E-state index in [0.717, 1.165) is 38.6 Å². The van der Waals surface area contributed by atoms with E-state index in [-0.39, 0.29) is 0 Å². The molecule has 1 aliphatic rings.